The number of likely N-dealkylation sites (tertiary alicyclic amines) is 1. The molecule has 1 aromatic carbocycles. The molecule has 0 amide bonds. The van der Waals surface area contributed by atoms with Crippen molar-refractivity contribution in [2.24, 2.45) is 35.0 Å². The highest BCUT2D eigenvalue weighted by Gasteiger charge is 2.59. The summed E-state index contributed by atoms with van der Waals surface area (Å²) >= 11 is 0. The van der Waals surface area contributed by atoms with E-state index in [0.29, 0.717) is 54.9 Å². The lowest BCUT2D eigenvalue weighted by Gasteiger charge is -2.48. The van der Waals surface area contributed by atoms with Crippen LogP contribution >= 0.6 is 0 Å². The van der Waals surface area contributed by atoms with Crippen molar-refractivity contribution in [3.05, 3.63) is 58.7 Å². The molecule has 1 unspecified atom stereocenters. The van der Waals surface area contributed by atoms with Crippen molar-refractivity contribution in [1.82, 2.24) is 9.62 Å². The summed E-state index contributed by atoms with van der Waals surface area (Å²) in [6.45, 7) is 11.8. The molecular weight excluding hydrogens is 580 g/mol. The number of sulfonamides is 1. The first-order valence-corrected chi connectivity index (χ1v) is 19.5. The number of hydrogen-bond acceptors (Lipinski definition) is 5. The third-order valence-corrected chi connectivity index (χ3v) is 14.8. The summed E-state index contributed by atoms with van der Waals surface area (Å²) in [5.41, 5.74) is 5.85. The molecule has 1 spiro atoms. The Morgan fingerprint density at radius 3 is 2.69 bits per heavy atom. The number of benzene rings is 1. The van der Waals surface area contributed by atoms with Gasteiger partial charge in [-0.3, -0.25) is 9.69 Å². The van der Waals surface area contributed by atoms with Gasteiger partial charge in [0.2, 0.25) is 10.0 Å². The van der Waals surface area contributed by atoms with Crippen molar-refractivity contribution < 1.29 is 17.9 Å². The molecule has 2 heterocycles. The number of carbonyl (C=O) groups is 1. The van der Waals surface area contributed by atoms with E-state index in [9.17, 15) is 13.2 Å². The molecular formula is C38H54N2O4S. The molecule has 2 saturated heterocycles. The number of allylic oxidation sites excluding steroid dienone is 3. The number of piperidine rings is 1. The summed E-state index contributed by atoms with van der Waals surface area (Å²) in [6.07, 6.45) is 12.5. The van der Waals surface area contributed by atoms with Crippen molar-refractivity contribution in [3.8, 4) is 0 Å². The quantitative estimate of drug-likeness (QED) is 0.348. The summed E-state index contributed by atoms with van der Waals surface area (Å²) in [6, 6.07) is 10.2. The number of carbonyl (C=O) groups excluding carboxylic acids is 1. The second-order valence-corrected chi connectivity index (χ2v) is 17.9. The van der Waals surface area contributed by atoms with Gasteiger partial charge in [0.15, 0.2) is 5.78 Å². The van der Waals surface area contributed by atoms with Gasteiger partial charge in [-0.2, -0.15) is 0 Å². The van der Waals surface area contributed by atoms with Gasteiger partial charge < -0.3 is 4.74 Å². The van der Waals surface area contributed by atoms with Crippen molar-refractivity contribution in [1.29, 1.82) is 0 Å². The Bertz CT molecular complexity index is 1470. The molecule has 0 bridgehead atoms. The topological polar surface area (TPSA) is 75.7 Å². The van der Waals surface area contributed by atoms with E-state index in [4.69, 9.17) is 4.74 Å². The zero-order chi connectivity index (χ0) is 31.6. The van der Waals surface area contributed by atoms with Gasteiger partial charge in [-0.05, 0) is 105 Å². The first kappa shape index (κ1) is 31.8. The van der Waals surface area contributed by atoms with Crippen LogP contribution in [0.25, 0.3) is 0 Å². The number of ketones is 1. The van der Waals surface area contributed by atoms with Crippen LogP contribution in [0.1, 0.15) is 91.0 Å². The zero-order valence-corrected chi connectivity index (χ0v) is 28.7. The highest BCUT2D eigenvalue weighted by atomic mass is 32.2. The van der Waals surface area contributed by atoms with Gasteiger partial charge in [-0.1, -0.05) is 67.8 Å². The molecule has 1 N–H and O–H groups in total. The van der Waals surface area contributed by atoms with E-state index < -0.39 is 10.0 Å². The van der Waals surface area contributed by atoms with Gasteiger partial charge in [-0.25, -0.2) is 13.1 Å². The van der Waals surface area contributed by atoms with E-state index in [1.54, 1.807) is 11.1 Å². The molecule has 246 valence electrons. The van der Waals surface area contributed by atoms with Crippen LogP contribution in [0.3, 0.4) is 0 Å². The monoisotopic (exact) mass is 634 g/mol. The normalized spacial score (nSPS) is 40.0. The largest absolute Gasteiger partial charge is 0.369 e. The number of fused-ring (bicyclic) bond motifs is 6. The molecule has 2 aliphatic heterocycles. The minimum atomic E-state index is -3.34. The van der Waals surface area contributed by atoms with Crippen LogP contribution in [-0.2, 0) is 26.0 Å². The third-order valence-electron chi connectivity index (χ3n) is 13.4. The van der Waals surface area contributed by atoms with Crippen LogP contribution in [0, 0.1) is 35.0 Å². The molecule has 0 radical (unpaired) electrons. The summed E-state index contributed by atoms with van der Waals surface area (Å²) in [4.78, 5) is 14.8. The average molecular weight is 635 g/mol. The van der Waals surface area contributed by atoms with Crippen molar-refractivity contribution in [3.63, 3.8) is 0 Å². The summed E-state index contributed by atoms with van der Waals surface area (Å²) in [7, 11) is -3.34. The molecule has 9 atom stereocenters. The van der Waals surface area contributed by atoms with Crippen molar-refractivity contribution in [2.45, 2.75) is 110 Å². The third kappa shape index (κ3) is 5.83. The number of hydrogen-bond donors (Lipinski definition) is 1. The Kier molecular flexibility index (Phi) is 8.49. The van der Waals surface area contributed by atoms with E-state index in [1.807, 2.05) is 36.4 Å². The van der Waals surface area contributed by atoms with E-state index >= 15 is 0 Å². The van der Waals surface area contributed by atoms with Gasteiger partial charge in [0.05, 0.1) is 17.5 Å². The molecule has 45 heavy (non-hydrogen) atoms. The molecule has 7 rings (SSSR count). The average Bonchev–Trinajstić information content (AvgIpc) is 3.47. The van der Waals surface area contributed by atoms with E-state index in [1.165, 1.54) is 24.8 Å². The fraction of sp³-hybridized carbons (Fsp3) is 0.711. The number of aryl methyl sites for hydroxylation is 1. The Labute approximate surface area is 271 Å². The van der Waals surface area contributed by atoms with E-state index in [-0.39, 0.29) is 22.9 Å². The first-order chi connectivity index (χ1) is 21.5. The predicted molar refractivity (Wildman–Crippen MR) is 179 cm³/mol. The maximum Gasteiger partial charge on any atom is 0.211 e. The highest BCUT2D eigenvalue weighted by molar-refractivity contribution is 7.89. The molecule has 1 aromatic rings. The van der Waals surface area contributed by atoms with Gasteiger partial charge in [-0.15, -0.1) is 0 Å². The Hall–Kier alpha value is -1.80. The minimum Gasteiger partial charge on any atom is -0.369 e. The lowest BCUT2D eigenvalue weighted by Crippen LogP contribution is -2.53. The Morgan fingerprint density at radius 2 is 1.89 bits per heavy atom. The van der Waals surface area contributed by atoms with E-state index in [0.717, 1.165) is 56.7 Å². The lowest BCUT2D eigenvalue weighted by molar-refractivity contribution is -0.116. The number of nitrogens with one attached hydrogen (secondary N) is 1. The zero-order valence-electron chi connectivity index (χ0n) is 27.9. The molecule has 4 aliphatic carbocycles. The van der Waals surface area contributed by atoms with Crippen LogP contribution in [-0.4, -0.2) is 62.2 Å². The molecule has 2 saturated carbocycles. The number of ether oxygens (including phenoxy) is 1. The van der Waals surface area contributed by atoms with Crippen LogP contribution in [0.15, 0.2) is 53.1 Å². The molecule has 6 aliphatic rings. The van der Waals surface area contributed by atoms with Crippen LogP contribution < -0.4 is 4.72 Å². The van der Waals surface area contributed by atoms with Crippen LogP contribution in [0.5, 0.6) is 0 Å². The molecule has 4 fully saturated rings. The smallest absolute Gasteiger partial charge is 0.211 e. The van der Waals surface area contributed by atoms with Gasteiger partial charge >= 0.3 is 0 Å². The summed E-state index contributed by atoms with van der Waals surface area (Å²) in [5, 5.41) is 0. The van der Waals surface area contributed by atoms with Crippen molar-refractivity contribution >= 4 is 15.8 Å². The lowest BCUT2D eigenvalue weighted by atomic mass is 9.56. The summed E-state index contributed by atoms with van der Waals surface area (Å²) in [5.74, 6) is 3.44. The standard InChI is InChI=1S/C38H54N2O4S/c1-25-20-35-36(40(24-25)18-17-39-45(42,43)19-14-28-8-6-5-7-9-28)27(3)38(44-35)16-13-31-32-11-10-29-21-30(41)12-15-37(29,4)34(32)22-33(31)26(2)23-38/h5-9,21,25,27,31-32,34-36,39H,10-20,22-24H2,1-4H3/t25-,27+,31?,32-,34-,35+,36-,37-,38-/m0/s1. The molecule has 6 nitrogen and oxygen atoms in total. The Morgan fingerprint density at radius 1 is 1.09 bits per heavy atom. The van der Waals surface area contributed by atoms with Gasteiger partial charge in [0.1, 0.15) is 0 Å². The van der Waals surface area contributed by atoms with Crippen LogP contribution in [0.4, 0.5) is 0 Å². The number of rotatable bonds is 7. The molecule has 7 heteroatoms. The SMILES string of the molecule is CC1=C2C[C@H]3[C@@H](CCC4=CC(=O)CC[C@@]43C)C2CC[C@@]2(C1)O[C@@H]1C[C@H](C)CN(CCNS(=O)(=O)CCc3ccccc3)[C@H]1[C@H]2C. The van der Waals surface area contributed by atoms with Crippen LogP contribution in [0.2, 0.25) is 0 Å². The Balaban J connectivity index is 1.03. The highest BCUT2D eigenvalue weighted by Crippen LogP contribution is 2.64. The van der Waals surface area contributed by atoms with Gasteiger partial charge in [0, 0.05) is 38.0 Å². The summed E-state index contributed by atoms with van der Waals surface area (Å²) < 4.78 is 35.9. The number of nitrogens with zero attached hydrogens (tertiary/aromatic N) is 1. The minimum absolute atomic E-state index is 0.119. The predicted octanol–water partition coefficient (Wildman–Crippen LogP) is 6.47. The van der Waals surface area contributed by atoms with Gasteiger partial charge in [0.25, 0.3) is 0 Å². The van der Waals surface area contributed by atoms with E-state index in [2.05, 4.69) is 37.3 Å². The second-order valence-electron chi connectivity index (χ2n) is 16.0. The first-order valence-electron chi connectivity index (χ1n) is 17.8. The maximum absolute atomic E-state index is 12.8. The fourth-order valence-corrected chi connectivity index (χ4v) is 12.1. The maximum atomic E-state index is 12.8. The van der Waals surface area contributed by atoms with Crippen molar-refractivity contribution in [2.75, 3.05) is 25.4 Å². The molecule has 0 aromatic heterocycles. The second kappa shape index (κ2) is 12.0. The fourth-order valence-electron chi connectivity index (χ4n) is 11.1.